The molecule has 18 heteroatoms. The van der Waals surface area contributed by atoms with Crippen molar-refractivity contribution in [1.29, 1.82) is 0 Å². The molecular weight excluding hydrogens is 678 g/mol. The van der Waals surface area contributed by atoms with Gasteiger partial charge in [-0.15, -0.1) is 0 Å². The molecule has 0 spiro atoms. The van der Waals surface area contributed by atoms with Gasteiger partial charge in [0.15, 0.2) is 25.9 Å². The molecule has 0 unspecified atom stereocenters. The molecule has 47 heavy (non-hydrogen) atoms. The van der Waals surface area contributed by atoms with E-state index in [1.165, 1.54) is 39.1 Å². The molecule has 268 valence electrons. The minimum absolute atomic E-state index is 0.452. The molecule has 10 nitrogen and oxygen atoms in total. The van der Waals surface area contributed by atoms with Crippen LogP contribution in [-0.4, -0.2) is 65.7 Å². The molecule has 0 aliphatic rings. The van der Waals surface area contributed by atoms with E-state index in [1.807, 2.05) is 0 Å². The molecule has 0 aliphatic heterocycles. The van der Waals surface area contributed by atoms with Gasteiger partial charge in [-0.3, -0.25) is 0 Å². The summed E-state index contributed by atoms with van der Waals surface area (Å²) in [5, 5.41) is 1.40. The van der Waals surface area contributed by atoms with Crippen LogP contribution in [-0.2, 0) is 20.2 Å². The van der Waals surface area contributed by atoms with Crippen LogP contribution in [0.25, 0.3) is 11.4 Å². The molecule has 2 aromatic carbocycles. The van der Waals surface area contributed by atoms with Crippen LogP contribution in [0.3, 0.4) is 0 Å². The Kier molecular flexibility index (Phi) is 13.5. The Morgan fingerprint density at radius 1 is 0.766 bits per heavy atom. The van der Waals surface area contributed by atoms with Crippen molar-refractivity contribution in [1.82, 2.24) is 9.14 Å². The van der Waals surface area contributed by atoms with Crippen LogP contribution < -0.4 is 19.4 Å². The molecule has 0 N–H and O–H groups in total. The second kappa shape index (κ2) is 15.1. The largest absolute Gasteiger partial charge is 0.741 e. The quantitative estimate of drug-likeness (QED) is 0.147. The number of alkyl halides is 6. The first-order valence-electron chi connectivity index (χ1n) is 14.4. The molecule has 0 fully saturated rings. The maximum absolute atomic E-state index is 10.7. The topological polar surface area (TPSA) is 129 Å². The van der Waals surface area contributed by atoms with E-state index in [1.54, 1.807) is 0 Å². The van der Waals surface area contributed by atoms with Gasteiger partial charge in [0.25, 0.3) is 11.7 Å². The minimum Gasteiger partial charge on any atom is -0.741 e. The molecule has 3 aromatic rings. The highest BCUT2D eigenvalue weighted by atomic mass is 32.2. The summed E-state index contributed by atoms with van der Waals surface area (Å²) >= 11 is 0. The molecule has 1 heterocycles. The zero-order valence-electron chi connectivity index (χ0n) is 28.0. The molecule has 0 saturated carbocycles. The first kappa shape index (κ1) is 42.1. The van der Waals surface area contributed by atoms with Crippen molar-refractivity contribution >= 4 is 25.9 Å². The predicted octanol–water partition coefficient (Wildman–Crippen LogP) is 4.87. The second-order valence-corrected chi connectivity index (χ2v) is 14.8. The highest BCUT2D eigenvalue weighted by Gasteiger charge is 2.42. The number of anilines is 1. The zero-order chi connectivity index (χ0) is 37.2. The van der Waals surface area contributed by atoms with Crippen molar-refractivity contribution in [2.75, 3.05) is 4.90 Å². The van der Waals surface area contributed by atoms with E-state index in [0.29, 0.717) is 24.2 Å². The Labute approximate surface area is 272 Å². The van der Waals surface area contributed by atoms with Gasteiger partial charge >= 0.3 is 11.0 Å². The Bertz CT molecular complexity index is 1680. The lowest BCUT2D eigenvalue weighted by molar-refractivity contribution is -0.595. The summed E-state index contributed by atoms with van der Waals surface area (Å²) in [6.45, 7) is 24.9. The number of rotatable bonds is 7. The van der Waals surface area contributed by atoms with Crippen LogP contribution >= 0.6 is 0 Å². The van der Waals surface area contributed by atoms with Gasteiger partial charge in [0.1, 0.15) is 30.2 Å². The molecule has 0 amide bonds. The summed E-state index contributed by atoms with van der Waals surface area (Å²) in [6.07, 6.45) is 6.64. The number of halogens is 6. The number of aryl methyl sites for hydroxylation is 3. The van der Waals surface area contributed by atoms with E-state index in [9.17, 15) is 26.3 Å². The Balaban J connectivity index is 0.000000569. The van der Waals surface area contributed by atoms with Crippen molar-refractivity contribution in [2.24, 2.45) is 0 Å². The summed E-state index contributed by atoms with van der Waals surface area (Å²) in [7, 11) is -12.2. The minimum atomic E-state index is -6.09. The van der Waals surface area contributed by atoms with Crippen LogP contribution in [0, 0.1) is 20.8 Å². The lowest BCUT2D eigenvalue weighted by atomic mass is 10.1. The van der Waals surface area contributed by atoms with E-state index >= 15 is 0 Å². The number of nitrogens with zero attached hydrogens (tertiary/aromatic N) is 4. The maximum Gasteiger partial charge on any atom is 0.485 e. The zero-order valence-corrected chi connectivity index (χ0v) is 29.7. The van der Waals surface area contributed by atoms with Gasteiger partial charge in [-0.1, -0.05) is 17.7 Å². The monoisotopic (exact) mass is 720 g/mol. The Hall–Kier alpha value is -2.96. The maximum atomic E-state index is 10.7. The Morgan fingerprint density at radius 2 is 1.13 bits per heavy atom. The average Bonchev–Trinajstić information content (AvgIpc) is 3.29. The second-order valence-electron chi connectivity index (χ2n) is 12.0. The van der Waals surface area contributed by atoms with E-state index in [-0.39, 0.29) is 0 Å². The van der Waals surface area contributed by atoms with Crippen molar-refractivity contribution in [3.63, 3.8) is 0 Å². The van der Waals surface area contributed by atoms with Gasteiger partial charge in [-0.25, -0.2) is 26.0 Å². The van der Waals surface area contributed by atoms with E-state index in [2.05, 4.69) is 126 Å². The molecule has 3 rings (SSSR count). The molecule has 0 aliphatic carbocycles. The van der Waals surface area contributed by atoms with Gasteiger partial charge in [-0.2, -0.15) is 30.9 Å². The molecule has 1 aromatic heterocycles. The van der Waals surface area contributed by atoms with Gasteiger partial charge in [0.2, 0.25) is 5.69 Å². The molecular formula is C29H42F6N4O6S2. The number of imidazole rings is 1. The summed E-state index contributed by atoms with van der Waals surface area (Å²) in [4.78, 5) is 2.56. The fourth-order valence-corrected chi connectivity index (χ4v) is 5.32. The lowest BCUT2D eigenvalue weighted by Crippen LogP contribution is -2.41. The summed E-state index contributed by atoms with van der Waals surface area (Å²) in [5.41, 5.74) is -3.34. The standard InChI is InChI=1S/C27H42N4.2CHF3O3S/c1-17(2)30(18(3)4)26-25(27(26)31(19(5)6)20(7)8)29-13-12-28(16-29)24-22(10)14-21(9)15-23(24)11;2*2-1(3,4)8(5,6)7/h12-20H,1-11H3;2*(H,5,6,7)/q+2;;/p-2. The number of benzene rings is 1. The summed E-state index contributed by atoms with van der Waals surface area (Å²) in [6, 6.07) is 6.34. The number of aromatic nitrogens is 2. The Morgan fingerprint density at radius 3 is 1.43 bits per heavy atom. The first-order valence-corrected chi connectivity index (χ1v) is 17.2. The van der Waals surface area contributed by atoms with Gasteiger partial charge in [-0.05, 0) is 87.3 Å². The predicted molar refractivity (Wildman–Crippen MR) is 164 cm³/mol. The van der Waals surface area contributed by atoms with Crippen molar-refractivity contribution in [2.45, 2.75) is 111 Å². The molecule has 0 bridgehead atoms. The molecule has 0 saturated heterocycles. The average molecular weight is 721 g/mol. The third-order valence-corrected chi connectivity index (χ3v) is 7.84. The number of hydrogen-bond donors (Lipinski definition) is 0. The van der Waals surface area contributed by atoms with Crippen LogP contribution in [0.5, 0.6) is 0 Å². The van der Waals surface area contributed by atoms with Crippen molar-refractivity contribution in [3.8, 4) is 11.4 Å². The first-order chi connectivity index (χ1) is 21.0. The van der Waals surface area contributed by atoms with Gasteiger partial charge < -0.3 is 14.0 Å². The normalized spacial score (nSPS) is 12.8. The smallest absolute Gasteiger partial charge is 0.485 e. The van der Waals surface area contributed by atoms with Crippen LogP contribution in [0.1, 0.15) is 72.1 Å². The van der Waals surface area contributed by atoms with Crippen LogP contribution in [0.15, 0.2) is 30.9 Å². The van der Waals surface area contributed by atoms with Crippen LogP contribution in [0.4, 0.5) is 32.0 Å². The molecule has 0 radical (unpaired) electrons. The van der Waals surface area contributed by atoms with E-state index in [0.717, 1.165) is 0 Å². The fraction of sp³-hybridized carbons (Fsp3) is 0.586. The van der Waals surface area contributed by atoms with Crippen LogP contribution in [0.2, 0.25) is 0 Å². The van der Waals surface area contributed by atoms with Gasteiger partial charge in [0.05, 0.1) is 0 Å². The van der Waals surface area contributed by atoms with Gasteiger partial charge in [0, 0.05) is 12.1 Å². The fourth-order valence-electron chi connectivity index (χ4n) is 5.32. The highest BCUT2D eigenvalue weighted by molar-refractivity contribution is 7.86. The third kappa shape index (κ3) is 10.8. The third-order valence-electron chi connectivity index (χ3n) is 6.71. The number of hydrogen-bond acceptors (Lipinski definition) is 7. The van der Waals surface area contributed by atoms with E-state index in [4.69, 9.17) is 25.9 Å². The summed E-state index contributed by atoms with van der Waals surface area (Å²) < 4.78 is 125. The van der Waals surface area contributed by atoms with Crippen molar-refractivity contribution < 1.29 is 56.9 Å². The highest BCUT2D eigenvalue weighted by Crippen LogP contribution is 2.31. The SMILES string of the molecule is Cc1cc(C)c(-[n+]2ccn(-c3c(N(C(C)C)C(C)C)c3=[N+](C(C)C)C(C)C)c2)c(C)c1.O=S(=O)([O-])C(F)(F)F.O=S(=O)([O-])C(F)(F)F. The van der Waals surface area contributed by atoms with Crippen molar-refractivity contribution in [3.05, 3.63) is 52.9 Å². The summed E-state index contributed by atoms with van der Waals surface area (Å²) in [5.74, 6) is 0. The van der Waals surface area contributed by atoms with E-state index < -0.39 is 31.3 Å². The lowest BCUT2D eigenvalue weighted by Gasteiger charge is -2.28. The molecule has 0 atom stereocenters.